The normalized spacial score (nSPS) is 24.8. The lowest BCUT2D eigenvalue weighted by Gasteiger charge is -2.11. The first-order valence-corrected chi connectivity index (χ1v) is 4.87. The van der Waals surface area contributed by atoms with Crippen molar-refractivity contribution < 1.29 is 14.3 Å². The first kappa shape index (κ1) is 9.98. The van der Waals surface area contributed by atoms with Gasteiger partial charge in [0.05, 0.1) is 0 Å². The molecule has 1 heterocycles. The van der Waals surface area contributed by atoms with Crippen LogP contribution >= 0.6 is 0 Å². The van der Waals surface area contributed by atoms with Gasteiger partial charge in [0, 0.05) is 6.54 Å². The lowest BCUT2D eigenvalue weighted by atomic mass is 10.0. The molecule has 1 aliphatic rings. The smallest absolute Gasteiger partial charge is 0.427 e. The third kappa shape index (κ3) is 1.94. The Balaban J connectivity index is 2.19. The van der Waals surface area contributed by atoms with Crippen LogP contribution in [0.5, 0.6) is 0 Å². The fourth-order valence-corrected chi connectivity index (χ4v) is 1.62. The molecule has 2 rings (SSSR count). The summed E-state index contributed by atoms with van der Waals surface area (Å²) in [5, 5.41) is 0. The van der Waals surface area contributed by atoms with Gasteiger partial charge in [0.15, 0.2) is 6.10 Å². The van der Waals surface area contributed by atoms with Crippen molar-refractivity contribution in [1.29, 1.82) is 0 Å². The molecule has 2 unspecified atom stereocenters. The zero-order chi connectivity index (χ0) is 10.8. The highest BCUT2D eigenvalue weighted by Gasteiger charge is 2.34. The zero-order valence-corrected chi connectivity index (χ0v) is 8.47. The van der Waals surface area contributed by atoms with E-state index >= 15 is 0 Å². The fraction of sp³-hybridized carbons (Fsp3) is 0.364. The molecule has 2 N–H and O–H groups in total. The number of carbonyl (C=O) groups is 1. The monoisotopic (exact) mass is 207 g/mol. The number of nitrogens with two attached hydrogens (primary N) is 1. The maximum atomic E-state index is 10.9. The molecule has 4 nitrogen and oxygen atoms in total. The number of hydrogen-bond acceptors (Lipinski definition) is 4. The van der Waals surface area contributed by atoms with Gasteiger partial charge in [0.2, 0.25) is 0 Å². The molecule has 2 atom stereocenters. The molecular weight excluding hydrogens is 194 g/mol. The number of ether oxygens (including phenoxy) is 2. The maximum absolute atomic E-state index is 10.9. The standard InChI is InChI=1S/C11H13NO3/c1-7-10(15-11(13)14-7)9-4-2-8(6-12)3-5-9/h2-5,7,10H,6,12H2,1H3. The van der Waals surface area contributed by atoms with E-state index in [2.05, 4.69) is 0 Å². The zero-order valence-electron chi connectivity index (χ0n) is 8.47. The van der Waals surface area contributed by atoms with Crippen molar-refractivity contribution in [3.05, 3.63) is 35.4 Å². The minimum absolute atomic E-state index is 0.235. The van der Waals surface area contributed by atoms with Crippen LogP contribution < -0.4 is 5.73 Å². The SMILES string of the molecule is CC1OC(=O)OC1c1ccc(CN)cc1. The summed E-state index contributed by atoms with van der Waals surface area (Å²) >= 11 is 0. The van der Waals surface area contributed by atoms with Crippen LogP contribution in [0, 0.1) is 0 Å². The molecule has 15 heavy (non-hydrogen) atoms. The van der Waals surface area contributed by atoms with Crippen molar-refractivity contribution in [3.8, 4) is 0 Å². The van der Waals surface area contributed by atoms with E-state index in [1.807, 2.05) is 31.2 Å². The molecule has 0 spiro atoms. The van der Waals surface area contributed by atoms with Crippen LogP contribution in [0.2, 0.25) is 0 Å². The molecular formula is C11H13NO3. The van der Waals surface area contributed by atoms with Crippen LogP contribution in [0.1, 0.15) is 24.2 Å². The largest absolute Gasteiger partial charge is 0.509 e. The van der Waals surface area contributed by atoms with Gasteiger partial charge in [-0.3, -0.25) is 0 Å². The van der Waals surface area contributed by atoms with E-state index in [9.17, 15) is 4.79 Å². The first-order valence-electron chi connectivity index (χ1n) is 4.87. The van der Waals surface area contributed by atoms with E-state index in [0.29, 0.717) is 6.54 Å². The number of hydrogen-bond donors (Lipinski definition) is 1. The van der Waals surface area contributed by atoms with Crippen LogP contribution in [-0.4, -0.2) is 12.3 Å². The summed E-state index contributed by atoms with van der Waals surface area (Å²) < 4.78 is 9.94. The Kier molecular flexibility index (Phi) is 2.60. The molecule has 4 heteroatoms. The maximum Gasteiger partial charge on any atom is 0.509 e. The fourth-order valence-electron chi connectivity index (χ4n) is 1.62. The first-order chi connectivity index (χ1) is 7.20. The molecule has 1 saturated heterocycles. The van der Waals surface area contributed by atoms with Gasteiger partial charge in [0.1, 0.15) is 6.10 Å². The molecule has 80 valence electrons. The van der Waals surface area contributed by atoms with Crippen LogP contribution in [0.15, 0.2) is 24.3 Å². The summed E-state index contributed by atoms with van der Waals surface area (Å²) in [7, 11) is 0. The Morgan fingerprint density at radius 3 is 2.40 bits per heavy atom. The van der Waals surface area contributed by atoms with Crippen molar-refractivity contribution in [2.45, 2.75) is 25.7 Å². The lowest BCUT2D eigenvalue weighted by Crippen LogP contribution is -2.10. The Morgan fingerprint density at radius 2 is 1.93 bits per heavy atom. The minimum Gasteiger partial charge on any atom is -0.427 e. The second kappa shape index (κ2) is 3.90. The quantitative estimate of drug-likeness (QED) is 0.750. The highest BCUT2D eigenvalue weighted by atomic mass is 16.8. The van der Waals surface area contributed by atoms with Crippen molar-refractivity contribution in [3.63, 3.8) is 0 Å². The highest BCUT2D eigenvalue weighted by molar-refractivity contribution is 5.63. The summed E-state index contributed by atoms with van der Waals surface area (Å²) in [5.41, 5.74) is 7.48. The van der Waals surface area contributed by atoms with Gasteiger partial charge in [-0.2, -0.15) is 0 Å². The van der Waals surface area contributed by atoms with Crippen LogP contribution in [0.4, 0.5) is 4.79 Å². The summed E-state index contributed by atoms with van der Waals surface area (Å²) in [6.07, 6.45) is -1.14. The third-order valence-corrected chi connectivity index (χ3v) is 2.48. The van der Waals surface area contributed by atoms with Crippen LogP contribution in [0.3, 0.4) is 0 Å². The lowest BCUT2D eigenvalue weighted by molar-refractivity contribution is 0.117. The van der Waals surface area contributed by atoms with Crippen molar-refractivity contribution in [1.82, 2.24) is 0 Å². The van der Waals surface area contributed by atoms with E-state index in [0.717, 1.165) is 11.1 Å². The minimum atomic E-state index is -0.601. The molecule has 1 aromatic carbocycles. The molecule has 1 fully saturated rings. The second-order valence-corrected chi connectivity index (χ2v) is 3.56. The van der Waals surface area contributed by atoms with Crippen LogP contribution in [0.25, 0.3) is 0 Å². The predicted molar refractivity (Wildman–Crippen MR) is 54.1 cm³/mol. The van der Waals surface area contributed by atoms with Gasteiger partial charge < -0.3 is 15.2 Å². The van der Waals surface area contributed by atoms with Gasteiger partial charge in [-0.25, -0.2) is 4.79 Å². The van der Waals surface area contributed by atoms with E-state index in [1.165, 1.54) is 0 Å². The Bertz CT molecular complexity index is 361. The Hall–Kier alpha value is -1.55. The average Bonchev–Trinajstić information content (AvgIpc) is 2.58. The van der Waals surface area contributed by atoms with Gasteiger partial charge in [0.25, 0.3) is 0 Å². The average molecular weight is 207 g/mol. The molecule has 0 saturated carbocycles. The third-order valence-electron chi connectivity index (χ3n) is 2.48. The molecule has 0 radical (unpaired) electrons. The number of rotatable bonds is 2. The molecule has 0 aliphatic carbocycles. The van der Waals surface area contributed by atoms with E-state index in [4.69, 9.17) is 15.2 Å². The second-order valence-electron chi connectivity index (χ2n) is 3.56. The van der Waals surface area contributed by atoms with Gasteiger partial charge in [-0.1, -0.05) is 24.3 Å². The molecule has 1 aliphatic heterocycles. The molecule has 0 amide bonds. The van der Waals surface area contributed by atoms with Crippen molar-refractivity contribution in [2.75, 3.05) is 0 Å². The Labute approximate surface area is 88.0 Å². The van der Waals surface area contributed by atoms with Gasteiger partial charge >= 0.3 is 6.16 Å². The number of cyclic esters (lactones) is 2. The van der Waals surface area contributed by atoms with E-state index in [1.54, 1.807) is 0 Å². The molecule has 1 aromatic rings. The Morgan fingerprint density at radius 1 is 1.27 bits per heavy atom. The topological polar surface area (TPSA) is 61.5 Å². The summed E-state index contributed by atoms with van der Waals surface area (Å²) in [6, 6.07) is 7.67. The predicted octanol–water partition coefficient (Wildman–Crippen LogP) is 1.74. The highest BCUT2D eigenvalue weighted by Crippen LogP contribution is 2.29. The van der Waals surface area contributed by atoms with Gasteiger partial charge in [-0.05, 0) is 18.1 Å². The van der Waals surface area contributed by atoms with Crippen LogP contribution in [-0.2, 0) is 16.0 Å². The summed E-state index contributed by atoms with van der Waals surface area (Å²) in [6.45, 7) is 2.32. The summed E-state index contributed by atoms with van der Waals surface area (Å²) in [4.78, 5) is 10.9. The summed E-state index contributed by atoms with van der Waals surface area (Å²) in [5.74, 6) is 0. The number of benzene rings is 1. The van der Waals surface area contributed by atoms with Gasteiger partial charge in [-0.15, -0.1) is 0 Å². The van der Waals surface area contributed by atoms with E-state index in [-0.39, 0.29) is 12.2 Å². The van der Waals surface area contributed by atoms with E-state index < -0.39 is 6.16 Å². The van der Waals surface area contributed by atoms with Crippen molar-refractivity contribution >= 4 is 6.16 Å². The number of carbonyl (C=O) groups excluding carboxylic acids is 1. The molecule has 0 bridgehead atoms. The molecule has 0 aromatic heterocycles. The van der Waals surface area contributed by atoms with Crippen molar-refractivity contribution in [2.24, 2.45) is 5.73 Å².